The quantitative estimate of drug-likeness (QED) is 0.765. The van der Waals surface area contributed by atoms with E-state index in [0.29, 0.717) is 5.82 Å². The van der Waals surface area contributed by atoms with Gasteiger partial charge in [0.1, 0.15) is 23.7 Å². The summed E-state index contributed by atoms with van der Waals surface area (Å²) in [5.41, 5.74) is 0. The summed E-state index contributed by atoms with van der Waals surface area (Å²) in [6.07, 6.45) is 1.29. The van der Waals surface area contributed by atoms with Gasteiger partial charge >= 0.3 is 0 Å². The molecule has 7 heteroatoms. The van der Waals surface area contributed by atoms with Crippen molar-refractivity contribution in [1.29, 1.82) is 0 Å². The Morgan fingerprint density at radius 1 is 1.29 bits per heavy atom. The van der Waals surface area contributed by atoms with Crippen LogP contribution in [0.4, 0.5) is 4.39 Å². The molecule has 2 rings (SSSR count). The monoisotopic (exact) mass is 255 g/mol. The Morgan fingerprint density at radius 2 is 1.94 bits per heavy atom. The predicted molar refractivity (Wildman–Crippen MR) is 58.3 cm³/mol. The van der Waals surface area contributed by atoms with Crippen molar-refractivity contribution >= 4 is 9.84 Å². The Balaban J connectivity index is 2.31. The minimum Gasteiger partial charge on any atom is -0.252 e. The van der Waals surface area contributed by atoms with Crippen molar-refractivity contribution in [3.63, 3.8) is 0 Å². The highest BCUT2D eigenvalue weighted by atomic mass is 32.2. The van der Waals surface area contributed by atoms with Gasteiger partial charge in [-0.1, -0.05) is 0 Å². The van der Waals surface area contributed by atoms with Crippen LogP contribution in [0.1, 0.15) is 5.82 Å². The molecule has 0 aliphatic carbocycles. The number of rotatable bonds is 3. The number of aromatic nitrogens is 3. The lowest BCUT2D eigenvalue weighted by Crippen LogP contribution is -2.10. The second-order valence-corrected chi connectivity index (χ2v) is 5.50. The molecule has 0 unspecified atom stereocenters. The van der Waals surface area contributed by atoms with E-state index in [-0.39, 0.29) is 10.6 Å². The summed E-state index contributed by atoms with van der Waals surface area (Å²) in [4.78, 5) is 3.91. The molecule has 0 aliphatic rings. The summed E-state index contributed by atoms with van der Waals surface area (Å²) in [6.45, 7) is 0. The van der Waals surface area contributed by atoms with Crippen LogP contribution in [-0.2, 0) is 22.6 Å². The van der Waals surface area contributed by atoms with Gasteiger partial charge in [-0.3, -0.25) is 4.68 Å². The highest BCUT2D eigenvalue weighted by molar-refractivity contribution is 7.90. The van der Waals surface area contributed by atoms with Crippen molar-refractivity contribution in [3.05, 3.63) is 42.2 Å². The van der Waals surface area contributed by atoms with Crippen LogP contribution in [0.25, 0.3) is 0 Å². The molecule has 0 N–H and O–H groups in total. The molecule has 2 aromatic rings. The molecular weight excluding hydrogens is 245 g/mol. The molecule has 1 aromatic carbocycles. The van der Waals surface area contributed by atoms with Crippen LogP contribution in [0, 0.1) is 5.82 Å². The fourth-order valence-corrected chi connectivity index (χ4v) is 2.66. The van der Waals surface area contributed by atoms with Gasteiger partial charge in [-0.2, -0.15) is 5.10 Å². The molecule has 90 valence electrons. The zero-order valence-corrected chi connectivity index (χ0v) is 9.85. The normalized spacial score (nSPS) is 11.6. The summed E-state index contributed by atoms with van der Waals surface area (Å²) >= 11 is 0. The predicted octanol–water partition coefficient (Wildman–Crippen LogP) is 0.928. The van der Waals surface area contributed by atoms with Gasteiger partial charge in [-0.25, -0.2) is 17.8 Å². The van der Waals surface area contributed by atoms with Gasteiger partial charge < -0.3 is 0 Å². The van der Waals surface area contributed by atoms with Crippen molar-refractivity contribution in [3.8, 4) is 0 Å². The molecule has 0 atom stereocenters. The first-order valence-electron chi connectivity index (χ1n) is 4.80. The molecule has 0 spiro atoms. The third kappa shape index (κ3) is 2.50. The van der Waals surface area contributed by atoms with E-state index in [2.05, 4.69) is 10.1 Å². The van der Waals surface area contributed by atoms with Gasteiger partial charge in [-0.05, 0) is 24.3 Å². The summed E-state index contributed by atoms with van der Waals surface area (Å²) in [7, 11) is -1.90. The topological polar surface area (TPSA) is 64.8 Å². The van der Waals surface area contributed by atoms with Crippen LogP contribution in [0.5, 0.6) is 0 Å². The lowest BCUT2D eigenvalue weighted by Gasteiger charge is -2.03. The summed E-state index contributed by atoms with van der Waals surface area (Å²) in [6, 6.07) is 4.70. The molecule has 1 aromatic heterocycles. The number of halogens is 1. The SMILES string of the molecule is Cn1ncnc1CS(=O)(=O)c1ccc(F)cc1. The van der Waals surface area contributed by atoms with Gasteiger partial charge in [-0.15, -0.1) is 0 Å². The fourth-order valence-electron chi connectivity index (χ4n) is 1.35. The van der Waals surface area contributed by atoms with Crippen molar-refractivity contribution in [2.45, 2.75) is 10.6 Å². The molecule has 0 fully saturated rings. The Kier molecular flexibility index (Phi) is 2.93. The van der Waals surface area contributed by atoms with Crippen LogP contribution in [0.2, 0.25) is 0 Å². The standard InChI is InChI=1S/C10H10FN3O2S/c1-14-10(12-7-13-14)6-17(15,16)9-4-2-8(11)3-5-9/h2-5,7H,6H2,1H3. The molecule has 1 heterocycles. The third-order valence-corrected chi connectivity index (χ3v) is 3.93. The van der Waals surface area contributed by atoms with E-state index in [4.69, 9.17) is 0 Å². The molecule has 0 bridgehead atoms. The number of aryl methyl sites for hydroxylation is 1. The van der Waals surface area contributed by atoms with E-state index in [1.165, 1.54) is 23.1 Å². The zero-order valence-electron chi connectivity index (χ0n) is 9.04. The first kappa shape index (κ1) is 11.7. The van der Waals surface area contributed by atoms with E-state index in [0.717, 1.165) is 12.1 Å². The van der Waals surface area contributed by atoms with E-state index in [9.17, 15) is 12.8 Å². The van der Waals surface area contributed by atoms with Crippen molar-refractivity contribution in [2.24, 2.45) is 7.05 Å². The lowest BCUT2D eigenvalue weighted by molar-refractivity contribution is 0.589. The largest absolute Gasteiger partial charge is 0.252 e. The number of hydrogen-bond acceptors (Lipinski definition) is 4. The Morgan fingerprint density at radius 3 is 2.47 bits per heavy atom. The average Bonchev–Trinajstić information content (AvgIpc) is 2.64. The molecule has 0 amide bonds. The van der Waals surface area contributed by atoms with E-state index < -0.39 is 15.7 Å². The van der Waals surface area contributed by atoms with Crippen LogP contribution in [-0.4, -0.2) is 23.2 Å². The second kappa shape index (κ2) is 4.25. The lowest BCUT2D eigenvalue weighted by atomic mass is 10.4. The van der Waals surface area contributed by atoms with Gasteiger partial charge in [0.2, 0.25) is 0 Å². The number of hydrogen-bond donors (Lipinski definition) is 0. The maximum atomic E-state index is 12.7. The second-order valence-electron chi connectivity index (χ2n) is 3.51. The smallest absolute Gasteiger partial charge is 0.185 e. The van der Waals surface area contributed by atoms with Gasteiger partial charge in [0.15, 0.2) is 9.84 Å². The molecule has 0 saturated heterocycles. The number of sulfone groups is 1. The first-order valence-corrected chi connectivity index (χ1v) is 6.45. The highest BCUT2D eigenvalue weighted by Gasteiger charge is 2.18. The Labute approximate surface area is 97.8 Å². The maximum absolute atomic E-state index is 12.7. The van der Waals surface area contributed by atoms with E-state index in [1.54, 1.807) is 7.05 Å². The van der Waals surface area contributed by atoms with Gasteiger partial charge in [0.25, 0.3) is 0 Å². The number of nitrogens with zero attached hydrogens (tertiary/aromatic N) is 3. The first-order chi connectivity index (χ1) is 7.99. The summed E-state index contributed by atoms with van der Waals surface area (Å²) in [5, 5.41) is 3.79. The average molecular weight is 255 g/mol. The number of benzene rings is 1. The summed E-state index contributed by atoms with van der Waals surface area (Å²) < 4.78 is 38.0. The van der Waals surface area contributed by atoms with E-state index in [1.807, 2.05) is 0 Å². The molecular formula is C10H10FN3O2S. The fraction of sp³-hybridized carbons (Fsp3) is 0.200. The minimum absolute atomic E-state index is 0.0712. The van der Waals surface area contributed by atoms with Gasteiger partial charge in [0, 0.05) is 7.05 Å². The van der Waals surface area contributed by atoms with Crippen LogP contribution in [0.3, 0.4) is 0 Å². The van der Waals surface area contributed by atoms with Crippen molar-refractivity contribution in [2.75, 3.05) is 0 Å². The molecule has 0 saturated carbocycles. The molecule has 0 radical (unpaired) electrons. The van der Waals surface area contributed by atoms with Crippen molar-refractivity contribution < 1.29 is 12.8 Å². The molecule has 0 aliphatic heterocycles. The minimum atomic E-state index is -3.51. The summed E-state index contributed by atoms with van der Waals surface area (Å²) in [5.74, 6) is -0.383. The third-order valence-electron chi connectivity index (χ3n) is 2.30. The van der Waals surface area contributed by atoms with Crippen LogP contribution in [0.15, 0.2) is 35.5 Å². The Hall–Kier alpha value is -1.76. The van der Waals surface area contributed by atoms with Crippen molar-refractivity contribution in [1.82, 2.24) is 14.8 Å². The molecule has 17 heavy (non-hydrogen) atoms. The van der Waals surface area contributed by atoms with Crippen LogP contribution >= 0.6 is 0 Å². The van der Waals surface area contributed by atoms with E-state index >= 15 is 0 Å². The highest BCUT2D eigenvalue weighted by Crippen LogP contribution is 2.15. The van der Waals surface area contributed by atoms with Gasteiger partial charge in [0.05, 0.1) is 4.90 Å². The zero-order chi connectivity index (χ0) is 12.5. The van der Waals surface area contributed by atoms with Crippen LogP contribution < -0.4 is 0 Å². The Bertz CT molecular complexity index is 619. The molecule has 5 nitrogen and oxygen atoms in total. The maximum Gasteiger partial charge on any atom is 0.185 e.